The molecule has 1 aliphatic heterocycles. The summed E-state index contributed by atoms with van der Waals surface area (Å²) in [7, 11) is 0. The summed E-state index contributed by atoms with van der Waals surface area (Å²) in [5, 5.41) is 13.3. The Balaban J connectivity index is 2.03. The number of anilines is 1. The van der Waals surface area contributed by atoms with E-state index in [1.807, 2.05) is 43.0 Å². The third-order valence-corrected chi connectivity index (χ3v) is 3.86. The third-order valence-electron chi connectivity index (χ3n) is 3.86. The van der Waals surface area contributed by atoms with Gasteiger partial charge in [0.25, 0.3) is 5.91 Å². The van der Waals surface area contributed by atoms with Crippen molar-refractivity contribution in [1.29, 1.82) is 0 Å². The maximum atomic E-state index is 12.5. The van der Waals surface area contributed by atoms with Crippen molar-refractivity contribution in [3.63, 3.8) is 0 Å². The lowest BCUT2D eigenvalue weighted by molar-refractivity contribution is 0.0438. The van der Waals surface area contributed by atoms with Crippen LogP contribution in [0.25, 0.3) is 0 Å². The molecule has 1 amide bonds. The molecule has 4 nitrogen and oxygen atoms in total. The second kappa shape index (κ2) is 6.27. The molecule has 0 bridgehead atoms. The average molecular weight is 276 g/mol. The van der Waals surface area contributed by atoms with E-state index in [1.165, 1.54) is 0 Å². The second-order valence-corrected chi connectivity index (χ2v) is 5.75. The van der Waals surface area contributed by atoms with E-state index in [4.69, 9.17) is 0 Å². The minimum Gasteiger partial charge on any atom is -0.390 e. The van der Waals surface area contributed by atoms with Crippen molar-refractivity contribution in [2.75, 3.05) is 25.0 Å². The molecule has 1 aromatic rings. The Hall–Kier alpha value is -1.55. The molecule has 1 heterocycles. The summed E-state index contributed by atoms with van der Waals surface area (Å²) in [5.74, 6) is 0.0609. The van der Waals surface area contributed by atoms with Crippen molar-refractivity contribution in [1.82, 2.24) is 4.90 Å². The first-order valence-corrected chi connectivity index (χ1v) is 7.37. The Kier molecular flexibility index (Phi) is 4.65. The third kappa shape index (κ3) is 3.73. The van der Waals surface area contributed by atoms with Crippen molar-refractivity contribution < 1.29 is 9.90 Å². The summed E-state index contributed by atoms with van der Waals surface area (Å²) >= 11 is 0. The van der Waals surface area contributed by atoms with Crippen molar-refractivity contribution in [2.24, 2.45) is 0 Å². The summed E-state index contributed by atoms with van der Waals surface area (Å²) in [6.07, 6.45) is 2.26. The summed E-state index contributed by atoms with van der Waals surface area (Å²) in [4.78, 5) is 14.3. The summed E-state index contributed by atoms with van der Waals surface area (Å²) in [5.41, 5.74) is 1.11. The van der Waals surface area contributed by atoms with E-state index >= 15 is 0 Å². The zero-order chi connectivity index (χ0) is 14.6. The van der Waals surface area contributed by atoms with Crippen LogP contribution in [0.5, 0.6) is 0 Å². The van der Waals surface area contributed by atoms with Gasteiger partial charge in [0.15, 0.2) is 0 Å². The molecule has 20 heavy (non-hydrogen) atoms. The van der Waals surface area contributed by atoms with Crippen molar-refractivity contribution in [3.05, 3.63) is 29.8 Å². The zero-order valence-electron chi connectivity index (χ0n) is 12.4. The molecule has 1 unspecified atom stereocenters. The monoisotopic (exact) mass is 276 g/mol. The lowest BCUT2D eigenvalue weighted by Gasteiger charge is -2.22. The van der Waals surface area contributed by atoms with Gasteiger partial charge in [-0.15, -0.1) is 0 Å². The molecular formula is C16H24N2O2. The molecule has 0 aliphatic carbocycles. The Morgan fingerprint density at radius 2 is 2.00 bits per heavy atom. The first-order valence-electron chi connectivity index (χ1n) is 7.37. The van der Waals surface area contributed by atoms with Crippen LogP contribution in [0.4, 0.5) is 5.69 Å². The molecule has 4 heteroatoms. The summed E-state index contributed by atoms with van der Waals surface area (Å²) in [6, 6.07) is 7.60. The van der Waals surface area contributed by atoms with Gasteiger partial charge < -0.3 is 15.3 Å². The lowest BCUT2D eigenvalue weighted by Crippen LogP contribution is -2.33. The first kappa shape index (κ1) is 14.9. The molecule has 1 atom stereocenters. The van der Waals surface area contributed by atoms with E-state index in [2.05, 4.69) is 5.32 Å². The molecule has 2 rings (SSSR count). The van der Waals surface area contributed by atoms with Crippen LogP contribution in [0.15, 0.2) is 24.3 Å². The molecule has 0 aromatic heterocycles. The number of rotatable bonds is 3. The van der Waals surface area contributed by atoms with Gasteiger partial charge in [-0.3, -0.25) is 4.79 Å². The number of benzene rings is 1. The minimum absolute atomic E-state index is 0.0609. The SMILES string of the molecule is CCNc1ccc(C(=O)N2CCCC(C)(O)CC2)cc1. The number of amides is 1. The van der Waals surface area contributed by atoms with Crippen molar-refractivity contribution in [2.45, 2.75) is 38.7 Å². The van der Waals surface area contributed by atoms with E-state index < -0.39 is 5.60 Å². The van der Waals surface area contributed by atoms with Gasteiger partial charge >= 0.3 is 0 Å². The zero-order valence-corrected chi connectivity index (χ0v) is 12.4. The highest BCUT2D eigenvalue weighted by molar-refractivity contribution is 5.94. The highest BCUT2D eigenvalue weighted by atomic mass is 16.3. The molecule has 2 N–H and O–H groups in total. The van der Waals surface area contributed by atoms with Gasteiger partial charge in [0.1, 0.15) is 0 Å². The molecule has 0 spiro atoms. The predicted octanol–water partition coefficient (Wildman–Crippen LogP) is 2.50. The molecule has 0 radical (unpaired) electrons. The molecule has 110 valence electrons. The number of aliphatic hydroxyl groups is 1. The fourth-order valence-corrected chi connectivity index (χ4v) is 2.58. The predicted molar refractivity (Wildman–Crippen MR) is 81.0 cm³/mol. The Morgan fingerprint density at radius 3 is 2.65 bits per heavy atom. The maximum Gasteiger partial charge on any atom is 0.253 e. The van der Waals surface area contributed by atoms with Gasteiger partial charge in [0.2, 0.25) is 0 Å². The van der Waals surface area contributed by atoms with Crippen LogP contribution >= 0.6 is 0 Å². The quantitative estimate of drug-likeness (QED) is 0.892. The van der Waals surface area contributed by atoms with Gasteiger partial charge in [-0.25, -0.2) is 0 Å². The van der Waals surface area contributed by atoms with E-state index in [9.17, 15) is 9.90 Å². The van der Waals surface area contributed by atoms with Gasteiger partial charge in [-0.05, 0) is 57.4 Å². The van der Waals surface area contributed by atoms with Crippen LogP contribution in [-0.4, -0.2) is 41.1 Å². The van der Waals surface area contributed by atoms with Crippen LogP contribution in [0.3, 0.4) is 0 Å². The van der Waals surface area contributed by atoms with Crippen molar-refractivity contribution in [3.8, 4) is 0 Å². The number of likely N-dealkylation sites (tertiary alicyclic amines) is 1. The van der Waals surface area contributed by atoms with Crippen molar-refractivity contribution >= 4 is 11.6 Å². The molecule has 1 aliphatic rings. The minimum atomic E-state index is -0.635. The van der Waals surface area contributed by atoms with Crippen LogP contribution in [-0.2, 0) is 0 Å². The van der Waals surface area contributed by atoms with E-state index in [0.717, 1.165) is 31.6 Å². The number of nitrogens with one attached hydrogen (secondary N) is 1. The highest BCUT2D eigenvalue weighted by Crippen LogP contribution is 2.22. The van der Waals surface area contributed by atoms with Gasteiger partial charge in [-0.2, -0.15) is 0 Å². The van der Waals surface area contributed by atoms with E-state index in [1.54, 1.807) is 0 Å². The Morgan fingerprint density at radius 1 is 1.30 bits per heavy atom. The first-order chi connectivity index (χ1) is 9.52. The number of hydrogen-bond acceptors (Lipinski definition) is 3. The number of hydrogen-bond donors (Lipinski definition) is 2. The maximum absolute atomic E-state index is 12.5. The van der Waals surface area contributed by atoms with E-state index in [-0.39, 0.29) is 5.91 Å². The highest BCUT2D eigenvalue weighted by Gasteiger charge is 2.27. The number of carbonyl (C=O) groups excluding carboxylic acids is 1. The second-order valence-electron chi connectivity index (χ2n) is 5.75. The van der Waals surface area contributed by atoms with Crippen LogP contribution in [0.2, 0.25) is 0 Å². The molecule has 1 fully saturated rings. The molecule has 1 saturated heterocycles. The van der Waals surface area contributed by atoms with Gasteiger partial charge in [0.05, 0.1) is 5.60 Å². The van der Waals surface area contributed by atoms with Crippen LogP contribution in [0.1, 0.15) is 43.5 Å². The van der Waals surface area contributed by atoms with E-state index in [0.29, 0.717) is 18.5 Å². The number of carbonyl (C=O) groups is 1. The largest absolute Gasteiger partial charge is 0.390 e. The Bertz CT molecular complexity index is 454. The standard InChI is InChI=1S/C16H24N2O2/c1-3-17-14-7-5-13(6-8-14)15(19)18-11-4-9-16(2,20)10-12-18/h5-8,17,20H,3-4,9-12H2,1-2H3. The van der Waals surface area contributed by atoms with Gasteiger partial charge in [-0.1, -0.05) is 0 Å². The lowest BCUT2D eigenvalue weighted by atomic mass is 9.98. The summed E-state index contributed by atoms with van der Waals surface area (Å²) < 4.78 is 0. The fraction of sp³-hybridized carbons (Fsp3) is 0.562. The fourth-order valence-electron chi connectivity index (χ4n) is 2.58. The average Bonchev–Trinajstić information content (AvgIpc) is 2.60. The van der Waals surface area contributed by atoms with Gasteiger partial charge in [0, 0.05) is 30.9 Å². The smallest absolute Gasteiger partial charge is 0.253 e. The summed E-state index contributed by atoms with van der Waals surface area (Å²) in [6.45, 7) is 6.12. The molecular weight excluding hydrogens is 252 g/mol. The number of nitrogens with zero attached hydrogens (tertiary/aromatic N) is 1. The normalized spacial score (nSPS) is 23.2. The molecule has 0 saturated carbocycles. The molecule has 1 aromatic carbocycles. The topological polar surface area (TPSA) is 52.6 Å². The Labute approximate surface area is 120 Å². The van der Waals surface area contributed by atoms with Crippen LogP contribution < -0.4 is 5.32 Å². The van der Waals surface area contributed by atoms with Crippen LogP contribution in [0, 0.1) is 0 Å².